The monoisotopic (exact) mass is 394 g/mol. The number of rotatable bonds is 4. The van der Waals surface area contributed by atoms with Gasteiger partial charge in [-0.1, -0.05) is 44.1 Å². The van der Waals surface area contributed by atoms with Crippen molar-refractivity contribution in [2.75, 3.05) is 0 Å². The first-order chi connectivity index (χ1) is 13.7. The molecule has 0 aromatic rings. The molecule has 4 aliphatic rings. The van der Waals surface area contributed by atoms with E-state index < -0.39 is 0 Å². The summed E-state index contributed by atoms with van der Waals surface area (Å²) in [4.78, 5) is 12.0. The largest absolute Gasteiger partial charge is 0.295 e. The van der Waals surface area contributed by atoms with Crippen LogP contribution in [0, 0.1) is 40.4 Å². The van der Waals surface area contributed by atoms with Crippen LogP contribution >= 0.6 is 0 Å². The van der Waals surface area contributed by atoms with Crippen molar-refractivity contribution in [2.45, 2.75) is 92.9 Å². The molecule has 1 nitrogen and oxygen atoms in total. The van der Waals surface area contributed by atoms with Crippen LogP contribution in [0.15, 0.2) is 34.9 Å². The van der Waals surface area contributed by atoms with Crippen LogP contribution in [0.1, 0.15) is 92.9 Å². The summed E-state index contributed by atoms with van der Waals surface area (Å²) in [6.45, 7) is 14.5. The summed E-state index contributed by atoms with van der Waals surface area (Å²) < 4.78 is 0. The number of allylic oxidation sites excluding steroid dienone is 6. The van der Waals surface area contributed by atoms with Crippen molar-refractivity contribution in [1.29, 1.82) is 0 Å². The third-order valence-electron chi connectivity index (χ3n) is 10.1. The van der Waals surface area contributed by atoms with Gasteiger partial charge in [-0.2, -0.15) is 0 Å². The normalized spacial score (nSPS) is 41.9. The average Bonchev–Trinajstić information content (AvgIpc) is 3.03. The average molecular weight is 395 g/mol. The van der Waals surface area contributed by atoms with Crippen molar-refractivity contribution < 1.29 is 4.79 Å². The zero-order valence-corrected chi connectivity index (χ0v) is 19.7. The van der Waals surface area contributed by atoms with E-state index in [2.05, 4.69) is 53.7 Å². The third kappa shape index (κ3) is 3.41. The summed E-state index contributed by atoms with van der Waals surface area (Å²) in [5.41, 5.74) is 5.17. The van der Waals surface area contributed by atoms with Gasteiger partial charge < -0.3 is 0 Å². The van der Waals surface area contributed by atoms with Gasteiger partial charge >= 0.3 is 0 Å². The molecule has 0 aliphatic heterocycles. The van der Waals surface area contributed by atoms with Gasteiger partial charge in [0.1, 0.15) is 0 Å². The van der Waals surface area contributed by atoms with E-state index in [-0.39, 0.29) is 5.41 Å². The van der Waals surface area contributed by atoms with Gasteiger partial charge in [0.2, 0.25) is 0 Å². The fraction of sp³-hybridized carbons (Fsp3) is 0.750. The molecule has 0 radical (unpaired) electrons. The highest BCUT2D eigenvalue weighted by molar-refractivity contribution is 5.92. The summed E-state index contributed by atoms with van der Waals surface area (Å²) in [5, 5.41) is 0. The maximum absolute atomic E-state index is 12.0. The standard InChI is InChI=1S/C28H42O/c1-18(2)19(3)7-8-20(4)24-11-12-25-23-10-9-21-17-22(29)13-15-27(21,5)26(23)14-16-28(24,25)6/h9-10,17,20,23-26H,7-8,11-16H2,1-6H3. The van der Waals surface area contributed by atoms with Crippen LogP contribution in [0.5, 0.6) is 0 Å². The summed E-state index contributed by atoms with van der Waals surface area (Å²) in [7, 11) is 0. The highest BCUT2D eigenvalue weighted by Crippen LogP contribution is 2.66. The van der Waals surface area contributed by atoms with Gasteiger partial charge in [0.25, 0.3) is 0 Å². The Kier molecular flexibility index (Phi) is 5.50. The van der Waals surface area contributed by atoms with Gasteiger partial charge in [-0.3, -0.25) is 4.79 Å². The molecular weight excluding hydrogens is 352 g/mol. The Morgan fingerprint density at radius 3 is 2.59 bits per heavy atom. The number of hydrogen-bond donors (Lipinski definition) is 0. The van der Waals surface area contributed by atoms with E-state index in [4.69, 9.17) is 0 Å². The molecule has 7 unspecified atom stereocenters. The maximum Gasteiger partial charge on any atom is 0.156 e. The lowest BCUT2D eigenvalue weighted by Gasteiger charge is -2.56. The summed E-state index contributed by atoms with van der Waals surface area (Å²) >= 11 is 0. The number of ketones is 1. The Labute approximate surface area is 179 Å². The van der Waals surface area contributed by atoms with Crippen molar-refractivity contribution >= 4 is 5.78 Å². The first-order valence-corrected chi connectivity index (χ1v) is 12.2. The molecule has 0 aromatic carbocycles. The van der Waals surface area contributed by atoms with Crippen LogP contribution < -0.4 is 0 Å². The summed E-state index contributed by atoms with van der Waals surface area (Å²) in [5.74, 6) is 4.34. The first kappa shape index (κ1) is 21.1. The molecule has 1 heteroatoms. The van der Waals surface area contributed by atoms with E-state index in [1.807, 2.05) is 6.08 Å². The van der Waals surface area contributed by atoms with Crippen LogP contribution in [0.4, 0.5) is 0 Å². The van der Waals surface area contributed by atoms with Crippen LogP contribution in [0.3, 0.4) is 0 Å². The molecule has 2 fully saturated rings. The van der Waals surface area contributed by atoms with E-state index in [1.165, 1.54) is 49.7 Å². The molecule has 0 spiro atoms. The lowest BCUT2D eigenvalue weighted by atomic mass is 9.48. The number of fused-ring (bicyclic) bond motifs is 5. The minimum atomic E-state index is 0.235. The molecule has 2 saturated carbocycles. The van der Waals surface area contributed by atoms with Crippen LogP contribution in [-0.2, 0) is 4.79 Å². The van der Waals surface area contributed by atoms with Gasteiger partial charge in [0.05, 0.1) is 0 Å². The predicted molar refractivity (Wildman–Crippen MR) is 123 cm³/mol. The molecule has 160 valence electrons. The van der Waals surface area contributed by atoms with E-state index in [1.54, 1.807) is 5.57 Å². The molecular formula is C28H42O. The molecule has 4 rings (SSSR count). The van der Waals surface area contributed by atoms with E-state index >= 15 is 0 Å². The Bertz CT molecular complexity index is 763. The lowest BCUT2D eigenvalue weighted by Crippen LogP contribution is -2.49. The Hall–Kier alpha value is -1.11. The van der Waals surface area contributed by atoms with E-state index in [0.29, 0.717) is 11.2 Å². The maximum atomic E-state index is 12.0. The highest BCUT2D eigenvalue weighted by Gasteiger charge is 2.58. The zero-order chi connectivity index (χ0) is 21.0. The van der Waals surface area contributed by atoms with Crippen molar-refractivity contribution in [3.05, 3.63) is 34.9 Å². The fourth-order valence-corrected chi connectivity index (χ4v) is 7.87. The fourth-order valence-electron chi connectivity index (χ4n) is 7.87. The van der Waals surface area contributed by atoms with Gasteiger partial charge in [-0.05, 0) is 118 Å². The highest BCUT2D eigenvalue weighted by atomic mass is 16.1. The zero-order valence-electron chi connectivity index (χ0n) is 19.7. The number of hydrogen-bond acceptors (Lipinski definition) is 1. The summed E-state index contributed by atoms with van der Waals surface area (Å²) in [6.07, 6.45) is 16.8. The Morgan fingerprint density at radius 2 is 1.86 bits per heavy atom. The molecule has 0 saturated heterocycles. The number of carbonyl (C=O) groups excluding carboxylic acids is 1. The Balaban J connectivity index is 1.54. The summed E-state index contributed by atoms with van der Waals surface area (Å²) in [6, 6.07) is 0. The molecule has 0 N–H and O–H groups in total. The first-order valence-electron chi connectivity index (χ1n) is 12.2. The molecule has 29 heavy (non-hydrogen) atoms. The molecule has 7 atom stereocenters. The minimum Gasteiger partial charge on any atom is -0.295 e. The molecule has 0 heterocycles. The smallest absolute Gasteiger partial charge is 0.156 e. The van der Waals surface area contributed by atoms with Gasteiger partial charge in [0, 0.05) is 6.42 Å². The lowest BCUT2D eigenvalue weighted by molar-refractivity contribution is -0.116. The van der Waals surface area contributed by atoms with Gasteiger partial charge in [0.15, 0.2) is 5.78 Å². The predicted octanol–water partition coefficient (Wildman–Crippen LogP) is 7.68. The van der Waals surface area contributed by atoms with E-state index in [0.717, 1.165) is 42.4 Å². The van der Waals surface area contributed by atoms with Crippen molar-refractivity contribution in [1.82, 2.24) is 0 Å². The topological polar surface area (TPSA) is 17.1 Å². The van der Waals surface area contributed by atoms with Gasteiger partial charge in [-0.25, -0.2) is 0 Å². The molecule has 0 aromatic heterocycles. The quantitative estimate of drug-likeness (QED) is 0.447. The van der Waals surface area contributed by atoms with Crippen molar-refractivity contribution in [3.8, 4) is 0 Å². The number of carbonyl (C=O) groups is 1. The second-order valence-electron chi connectivity index (χ2n) is 11.7. The van der Waals surface area contributed by atoms with Gasteiger partial charge in [-0.15, -0.1) is 0 Å². The van der Waals surface area contributed by atoms with E-state index in [9.17, 15) is 4.79 Å². The molecule has 4 aliphatic carbocycles. The van der Waals surface area contributed by atoms with Crippen LogP contribution in [-0.4, -0.2) is 5.78 Å². The SMILES string of the molecule is CC(C)=C(C)CCC(C)C1CCC2C3C=CC4=CC(=O)CCC4(C)C3CCC12C. The van der Waals surface area contributed by atoms with Crippen molar-refractivity contribution in [2.24, 2.45) is 40.4 Å². The Morgan fingerprint density at radius 1 is 1.10 bits per heavy atom. The molecule has 0 bridgehead atoms. The van der Waals surface area contributed by atoms with Crippen LogP contribution in [0.2, 0.25) is 0 Å². The third-order valence-corrected chi connectivity index (χ3v) is 10.1. The molecule has 0 amide bonds. The second-order valence-corrected chi connectivity index (χ2v) is 11.7. The second kappa shape index (κ2) is 7.54. The minimum absolute atomic E-state index is 0.235. The van der Waals surface area contributed by atoms with Crippen LogP contribution in [0.25, 0.3) is 0 Å². The van der Waals surface area contributed by atoms with Crippen molar-refractivity contribution in [3.63, 3.8) is 0 Å².